The summed E-state index contributed by atoms with van der Waals surface area (Å²) in [5, 5.41) is 8.17. The predicted molar refractivity (Wildman–Crippen MR) is 66.3 cm³/mol. The Morgan fingerprint density at radius 3 is 2.72 bits per heavy atom. The van der Waals surface area contributed by atoms with Crippen LogP contribution in [0.25, 0.3) is 17.0 Å². The topological polar surface area (TPSA) is 56.2 Å². The summed E-state index contributed by atoms with van der Waals surface area (Å²) in [4.78, 5) is 0. The van der Waals surface area contributed by atoms with Gasteiger partial charge in [-0.15, -0.1) is 10.2 Å². The van der Waals surface area contributed by atoms with Crippen molar-refractivity contribution in [2.45, 2.75) is 6.54 Å². The minimum Gasteiger partial charge on any atom is -0.325 e. The molecular weight excluding hydrogens is 231 g/mol. The van der Waals surface area contributed by atoms with Crippen LogP contribution in [0.3, 0.4) is 0 Å². The molecule has 18 heavy (non-hydrogen) atoms. The van der Waals surface area contributed by atoms with Crippen molar-refractivity contribution in [2.24, 2.45) is 5.73 Å². The fraction of sp³-hybridized carbons (Fsp3) is 0.0769. The molecule has 0 saturated carbocycles. The molecule has 0 fully saturated rings. The standard InChI is InChI=1S/C13H11FN4/c14-10-4-1-3-9(7-10)13-17-16-12-6-2-5-11(8-15)18(12)13/h1-7H,8,15H2. The summed E-state index contributed by atoms with van der Waals surface area (Å²) in [5.74, 6) is 0.306. The molecule has 1 aromatic carbocycles. The van der Waals surface area contributed by atoms with E-state index < -0.39 is 0 Å². The van der Waals surface area contributed by atoms with E-state index in [1.165, 1.54) is 12.1 Å². The highest BCUT2D eigenvalue weighted by atomic mass is 19.1. The second-order valence-corrected chi connectivity index (χ2v) is 3.95. The molecule has 0 aliphatic carbocycles. The van der Waals surface area contributed by atoms with Gasteiger partial charge in [0.15, 0.2) is 11.5 Å². The third kappa shape index (κ3) is 1.65. The molecule has 0 amide bonds. The molecule has 2 N–H and O–H groups in total. The first kappa shape index (κ1) is 10.9. The average Bonchev–Trinajstić information content (AvgIpc) is 2.82. The molecule has 0 saturated heterocycles. The molecule has 0 bridgehead atoms. The first-order chi connectivity index (χ1) is 8.79. The average molecular weight is 242 g/mol. The van der Waals surface area contributed by atoms with Gasteiger partial charge in [0.05, 0.1) is 0 Å². The van der Waals surface area contributed by atoms with Crippen LogP contribution in [-0.4, -0.2) is 14.6 Å². The number of nitrogens with two attached hydrogens (primary N) is 1. The normalized spacial score (nSPS) is 11.0. The summed E-state index contributed by atoms with van der Waals surface area (Å²) in [6, 6.07) is 11.9. The van der Waals surface area contributed by atoms with Crippen molar-refractivity contribution in [3.05, 3.63) is 54.0 Å². The van der Waals surface area contributed by atoms with Gasteiger partial charge in [-0.2, -0.15) is 0 Å². The monoisotopic (exact) mass is 242 g/mol. The number of rotatable bonds is 2. The minimum absolute atomic E-state index is 0.297. The molecule has 2 heterocycles. The van der Waals surface area contributed by atoms with E-state index in [-0.39, 0.29) is 5.82 Å². The Morgan fingerprint density at radius 2 is 1.94 bits per heavy atom. The van der Waals surface area contributed by atoms with Gasteiger partial charge in [-0.3, -0.25) is 4.40 Å². The summed E-state index contributed by atoms with van der Waals surface area (Å²) < 4.78 is 15.1. The second kappa shape index (κ2) is 4.19. The molecule has 0 radical (unpaired) electrons. The van der Waals surface area contributed by atoms with Crippen LogP contribution >= 0.6 is 0 Å². The fourth-order valence-corrected chi connectivity index (χ4v) is 1.98. The maximum atomic E-state index is 13.3. The minimum atomic E-state index is -0.297. The fourth-order valence-electron chi connectivity index (χ4n) is 1.98. The summed E-state index contributed by atoms with van der Waals surface area (Å²) >= 11 is 0. The van der Waals surface area contributed by atoms with Gasteiger partial charge in [0.2, 0.25) is 0 Å². The molecule has 0 atom stereocenters. The molecule has 0 aliphatic heterocycles. The van der Waals surface area contributed by atoms with Crippen LogP contribution in [0.2, 0.25) is 0 Å². The first-order valence-corrected chi connectivity index (χ1v) is 5.58. The smallest absolute Gasteiger partial charge is 0.168 e. The summed E-state index contributed by atoms with van der Waals surface area (Å²) in [6.45, 7) is 0.373. The Kier molecular flexibility index (Phi) is 2.53. The van der Waals surface area contributed by atoms with Crippen molar-refractivity contribution in [3.63, 3.8) is 0 Å². The Balaban J connectivity index is 2.30. The summed E-state index contributed by atoms with van der Waals surface area (Å²) in [7, 11) is 0. The van der Waals surface area contributed by atoms with Gasteiger partial charge >= 0.3 is 0 Å². The summed E-state index contributed by atoms with van der Waals surface area (Å²) in [6.07, 6.45) is 0. The quantitative estimate of drug-likeness (QED) is 0.747. The lowest BCUT2D eigenvalue weighted by atomic mass is 10.2. The van der Waals surface area contributed by atoms with Crippen LogP contribution in [0.15, 0.2) is 42.5 Å². The number of fused-ring (bicyclic) bond motifs is 1. The van der Waals surface area contributed by atoms with Crippen molar-refractivity contribution < 1.29 is 4.39 Å². The van der Waals surface area contributed by atoms with Gasteiger partial charge in [0.25, 0.3) is 0 Å². The van der Waals surface area contributed by atoms with Crippen molar-refractivity contribution in [3.8, 4) is 11.4 Å². The summed E-state index contributed by atoms with van der Waals surface area (Å²) in [5.41, 5.74) is 7.98. The van der Waals surface area contributed by atoms with Crippen LogP contribution in [0, 0.1) is 5.82 Å². The largest absolute Gasteiger partial charge is 0.325 e. The second-order valence-electron chi connectivity index (χ2n) is 3.95. The van der Waals surface area contributed by atoms with Crippen LogP contribution in [0.4, 0.5) is 4.39 Å². The zero-order chi connectivity index (χ0) is 12.5. The van der Waals surface area contributed by atoms with E-state index in [4.69, 9.17) is 5.73 Å². The number of halogens is 1. The molecule has 4 nitrogen and oxygen atoms in total. The number of nitrogens with zero attached hydrogens (tertiary/aromatic N) is 3. The van der Waals surface area contributed by atoms with Crippen LogP contribution < -0.4 is 5.73 Å². The number of hydrogen-bond acceptors (Lipinski definition) is 3. The maximum Gasteiger partial charge on any atom is 0.168 e. The first-order valence-electron chi connectivity index (χ1n) is 5.58. The predicted octanol–water partition coefficient (Wildman–Crippen LogP) is 1.99. The van der Waals surface area contributed by atoms with E-state index in [0.717, 1.165) is 5.69 Å². The van der Waals surface area contributed by atoms with Crippen LogP contribution in [-0.2, 0) is 6.54 Å². The molecule has 2 aromatic heterocycles. The zero-order valence-electron chi connectivity index (χ0n) is 9.55. The SMILES string of the molecule is NCc1cccc2nnc(-c3cccc(F)c3)n12. The van der Waals surface area contributed by atoms with Crippen molar-refractivity contribution >= 4 is 5.65 Å². The van der Waals surface area contributed by atoms with E-state index >= 15 is 0 Å². The highest BCUT2D eigenvalue weighted by Gasteiger charge is 2.10. The van der Waals surface area contributed by atoms with Crippen LogP contribution in [0.5, 0.6) is 0 Å². The Bertz CT molecular complexity index is 705. The van der Waals surface area contributed by atoms with E-state index in [9.17, 15) is 4.39 Å². The maximum absolute atomic E-state index is 13.3. The van der Waals surface area contributed by atoms with Gasteiger partial charge in [0.1, 0.15) is 5.82 Å². The lowest BCUT2D eigenvalue weighted by molar-refractivity contribution is 0.628. The molecule has 90 valence electrons. The van der Waals surface area contributed by atoms with Gasteiger partial charge in [-0.25, -0.2) is 4.39 Å². The Morgan fingerprint density at radius 1 is 1.11 bits per heavy atom. The third-order valence-corrected chi connectivity index (χ3v) is 2.80. The zero-order valence-corrected chi connectivity index (χ0v) is 9.55. The van der Waals surface area contributed by atoms with Crippen LogP contribution in [0.1, 0.15) is 5.69 Å². The van der Waals surface area contributed by atoms with E-state index in [0.29, 0.717) is 23.6 Å². The number of hydrogen-bond donors (Lipinski definition) is 1. The molecular formula is C13H11FN4. The highest BCUT2D eigenvalue weighted by Crippen LogP contribution is 2.20. The number of benzene rings is 1. The number of pyridine rings is 1. The molecule has 0 aliphatic rings. The molecule has 3 aromatic rings. The lowest BCUT2D eigenvalue weighted by Gasteiger charge is -2.05. The van der Waals surface area contributed by atoms with Crippen molar-refractivity contribution in [1.29, 1.82) is 0 Å². The van der Waals surface area contributed by atoms with Gasteiger partial charge < -0.3 is 5.73 Å². The third-order valence-electron chi connectivity index (χ3n) is 2.80. The molecule has 5 heteroatoms. The van der Waals surface area contributed by atoms with Crippen molar-refractivity contribution in [1.82, 2.24) is 14.6 Å². The van der Waals surface area contributed by atoms with Gasteiger partial charge in [0, 0.05) is 17.8 Å². The lowest BCUT2D eigenvalue weighted by Crippen LogP contribution is -2.04. The molecule has 0 spiro atoms. The van der Waals surface area contributed by atoms with Gasteiger partial charge in [-0.05, 0) is 24.3 Å². The van der Waals surface area contributed by atoms with Gasteiger partial charge in [-0.1, -0.05) is 18.2 Å². The molecule has 0 unspecified atom stereocenters. The van der Waals surface area contributed by atoms with Crippen molar-refractivity contribution in [2.75, 3.05) is 0 Å². The van der Waals surface area contributed by atoms with E-state index in [1.54, 1.807) is 12.1 Å². The molecule has 3 rings (SSSR count). The number of aromatic nitrogens is 3. The Labute approximate surface area is 103 Å². The Hall–Kier alpha value is -2.27. The highest BCUT2D eigenvalue weighted by molar-refractivity contribution is 5.60. The van der Waals surface area contributed by atoms with E-state index in [1.807, 2.05) is 22.6 Å². The van der Waals surface area contributed by atoms with E-state index in [2.05, 4.69) is 10.2 Å².